The molecule has 1 atom stereocenters. The van der Waals surface area contributed by atoms with Crippen molar-refractivity contribution in [3.63, 3.8) is 0 Å². The minimum atomic E-state index is -0.537. The van der Waals surface area contributed by atoms with Gasteiger partial charge >= 0.3 is 6.03 Å². The summed E-state index contributed by atoms with van der Waals surface area (Å²) in [5, 5.41) is 4.45. The van der Waals surface area contributed by atoms with E-state index in [-0.39, 0.29) is 5.82 Å². The number of benzene rings is 2. The van der Waals surface area contributed by atoms with Crippen LogP contribution in [0.5, 0.6) is 0 Å². The zero-order valence-corrected chi connectivity index (χ0v) is 13.4. The third-order valence-corrected chi connectivity index (χ3v) is 4.14. The highest BCUT2D eigenvalue weighted by atomic mass is 32.2. The van der Waals surface area contributed by atoms with Crippen LogP contribution >= 0.6 is 11.8 Å². The zero-order chi connectivity index (χ0) is 16.7. The van der Waals surface area contributed by atoms with Crippen molar-refractivity contribution in [2.45, 2.75) is 23.6 Å². The lowest BCUT2D eigenvalue weighted by Gasteiger charge is -2.12. The van der Waals surface area contributed by atoms with Gasteiger partial charge in [0.2, 0.25) is 5.91 Å². The summed E-state index contributed by atoms with van der Waals surface area (Å²) in [5.41, 5.74) is 0.948. The van der Waals surface area contributed by atoms with Crippen LogP contribution in [0.1, 0.15) is 12.5 Å². The van der Waals surface area contributed by atoms with Crippen molar-refractivity contribution in [3.8, 4) is 0 Å². The van der Waals surface area contributed by atoms with Crippen LogP contribution in [0.15, 0.2) is 59.5 Å². The lowest BCUT2D eigenvalue weighted by molar-refractivity contribution is -0.119. The van der Waals surface area contributed by atoms with Crippen LogP contribution in [-0.2, 0) is 11.3 Å². The second kappa shape index (κ2) is 8.33. The van der Waals surface area contributed by atoms with Crippen molar-refractivity contribution >= 4 is 23.7 Å². The maximum absolute atomic E-state index is 12.8. The van der Waals surface area contributed by atoms with E-state index in [1.54, 1.807) is 19.1 Å². The Morgan fingerprint density at radius 2 is 1.74 bits per heavy atom. The largest absolute Gasteiger partial charge is 0.334 e. The second-order valence-corrected chi connectivity index (χ2v) is 6.29. The Morgan fingerprint density at radius 3 is 2.39 bits per heavy atom. The van der Waals surface area contributed by atoms with Crippen LogP contribution in [0.2, 0.25) is 0 Å². The van der Waals surface area contributed by atoms with Crippen molar-refractivity contribution in [2.24, 2.45) is 0 Å². The normalized spacial score (nSPS) is 11.6. The molecular weight excluding hydrogens is 315 g/mol. The first-order valence-electron chi connectivity index (χ1n) is 7.09. The Labute approximate surface area is 138 Å². The number of amides is 3. The molecule has 0 heterocycles. The first-order valence-corrected chi connectivity index (χ1v) is 7.97. The molecule has 2 aromatic rings. The summed E-state index contributed by atoms with van der Waals surface area (Å²) in [6, 6.07) is 14.7. The summed E-state index contributed by atoms with van der Waals surface area (Å²) in [6.45, 7) is 2.03. The Morgan fingerprint density at radius 1 is 1.09 bits per heavy atom. The fourth-order valence-electron chi connectivity index (χ4n) is 1.81. The maximum Gasteiger partial charge on any atom is 0.321 e. The van der Waals surface area contributed by atoms with Crippen molar-refractivity contribution in [3.05, 3.63) is 66.0 Å². The number of halogens is 1. The van der Waals surface area contributed by atoms with Gasteiger partial charge in [0.1, 0.15) is 5.82 Å². The predicted octanol–water partition coefficient (Wildman–Crippen LogP) is 3.33. The number of carbonyl (C=O) groups is 2. The standard InChI is InChI=1S/C17H17FN2O2S/c1-12(23-15-9-7-14(18)8-10-15)16(21)20-17(22)19-11-13-5-3-2-4-6-13/h2-10,12H,11H2,1H3,(H2,19,20,21,22). The molecule has 2 aromatic carbocycles. The Hall–Kier alpha value is -2.34. The van der Waals surface area contributed by atoms with E-state index in [1.165, 1.54) is 23.9 Å². The van der Waals surface area contributed by atoms with Crippen molar-refractivity contribution < 1.29 is 14.0 Å². The van der Waals surface area contributed by atoms with Crippen LogP contribution in [0, 0.1) is 5.82 Å². The van der Waals surface area contributed by atoms with Crippen LogP contribution in [0.3, 0.4) is 0 Å². The van der Waals surface area contributed by atoms with Crippen LogP contribution in [0.25, 0.3) is 0 Å². The van der Waals surface area contributed by atoms with Crippen molar-refractivity contribution in [1.29, 1.82) is 0 Å². The highest BCUT2D eigenvalue weighted by Crippen LogP contribution is 2.23. The molecule has 0 aromatic heterocycles. The number of hydrogen-bond acceptors (Lipinski definition) is 3. The molecule has 4 nitrogen and oxygen atoms in total. The van der Waals surface area contributed by atoms with Crippen LogP contribution in [0.4, 0.5) is 9.18 Å². The lowest BCUT2D eigenvalue weighted by Crippen LogP contribution is -2.42. The van der Waals surface area contributed by atoms with Gasteiger partial charge in [-0.25, -0.2) is 9.18 Å². The van der Waals surface area contributed by atoms with Gasteiger partial charge in [-0.3, -0.25) is 10.1 Å². The average Bonchev–Trinajstić information content (AvgIpc) is 2.56. The predicted molar refractivity (Wildman–Crippen MR) is 88.5 cm³/mol. The van der Waals surface area contributed by atoms with E-state index < -0.39 is 17.2 Å². The molecule has 1 unspecified atom stereocenters. The minimum absolute atomic E-state index is 0.327. The van der Waals surface area contributed by atoms with E-state index in [2.05, 4.69) is 10.6 Å². The lowest BCUT2D eigenvalue weighted by atomic mass is 10.2. The van der Waals surface area contributed by atoms with E-state index >= 15 is 0 Å². The number of urea groups is 1. The van der Waals surface area contributed by atoms with E-state index in [9.17, 15) is 14.0 Å². The van der Waals surface area contributed by atoms with Gasteiger partial charge in [-0.15, -0.1) is 11.8 Å². The highest BCUT2D eigenvalue weighted by Gasteiger charge is 2.16. The minimum Gasteiger partial charge on any atom is -0.334 e. The van der Waals surface area contributed by atoms with Crippen LogP contribution < -0.4 is 10.6 Å². The van der Waals surface area contributed by atoms with Gasteiger partial charge in [-0.2, -0.15) is 0 Å². The summed E-state index contributed by atoms with van der Waals surface area (Å²) in [6.07, 6.45) is 0. The zero-order valence-electron chi connectivity index (χ0n) is 12.6. The van der Waals surface area contributed by atoms with Gasteiger partial charge in [-0.1, -0.05) is 30.3 Å². The van der Waals surface area contributed by atoms with E-state index in [0.29, 0.717) is 6.54 Å². The quantitative estimate of drug-likeness (QED) is 0.826. The number of hydrogen-bond donors (Lipinski definition) is 2. The molecule has 2 rings (SSSR count). The monoisotopic (exact) mass is 332 g/mol. The summed E-state index contributed by atoms with van der Waals surface area (Å²) in [4.78, 5) is 24.5. The van der Waals surface area contributed by atoms with Gasteiger partial charge in [0, 0.05) is 11.4 Å². The van der Waals surface area contributed by atoms with Crippen molar-refractivity contribution in [1.82, 2.24) is 10.6 Å². The van der Waals surface area contributed by atoms with E-state index in [4.69, 9.17) is 0 Å². The fraction of sp³-hybridized carbons (Fsp3) is 0.176. The van der Waals surface area contributed by atoms with E-state index in [0.717, 1.165) is 10.5 Å². The molecule has 0 bridgehead atoms. The Kier molecular flexibility index (Phi) is 6.17. The van der Waals surface area contributed by atoms with Gasteiger partial charge in [0.25, 0.3) is 0 Å². The third-order valence-electron chi connectivity index (χ3n) is 3.03. The Balaban J connectivity index is 1.78. The highest BCUT2D eigenvalue weighted by molar-refractivity contribution is 8.00. The van der Waals surface area contributed by atoms with Crippen LogP contribution in [-0.4, -0.2) is 17.2 Å². The number of carbonyl (C=O) groups excluding carboxylic acids is 2. The van der Waals surface area contributed by atoms with Gasteiger partial charge < -0.3 is 5.32 Å². The molecule has 2 N–H and O–H groups in total. The van der Waals surface area contributed by atoms with Gasteiger partial charge in [0.05, 0.1) is 5.25 Å². The number of imide groups is 1. The molecule has 0 aliphatic carbocycles. The molecule has 0 spiro atoms. The summed E-state index contributed by atoms with van der Waals surface area (Å²) in [5.74, 6) is -0.725. The number of rotatable bonds is 5. The number of thioether (sulfide) groups is 1. The molecule has 0 saturated heterocycles. The smallest absolute Gasteiger partial charge is 0.321 e. The molecule has 6 heteroatoms. The molecule has 0 saturated carbocycles. The van der Waals surface area contributed by atoms with E-state index in [1.807, 2.05) is 30.3 Å². The molecular formula is C17H17FN2O2S. The first kappa shape index (κ1) is 17.0. The topological polar surface area (TPSA) is 58.2 Å². The molecule has 0 radical (unpaired) electrons. The summed E-state index contributed by atoms with van der Waals surface area (Å²) in [7, 11) is 0. The van der Waals surface area contributed by atoms with Gasteiger partial charge in [-0.05, 0) is 36.8 Å². The molecule has 0 aliphatic heterocycles. The Bertz CT molecular complexity index is 662. The summed E-state index contributed by atoms with van der Waals surface area (Å²) >= 11 is 1.26. The second-order valence-electron chi connectivity index (χ2n) is 4.87. The molecule has 0 fully saturated rings. The molecule has 120 valence electrons. The molecule has 23 heavy (non-hydrogen) atoms. The molecule has 3 amide bonds. The number of nitrogens with one attached hydrogen (secondary N) is 2. The van der Waals surface area contributed by atoms with Crippen molar-refractivity contribution in [2.75, 3.05) is 0 Å². The third kappa shape index (κ3) is 5.75. The fourth-order valence-corrected chi connectivity index (χ4v) is 2.67. The van der Waals surface area contributed by atoms with Gasteiger partial charge in [0.15, 0.2) is 0 Å². The molecule has 0 aliphatic rings. The summed E-state index contributed by atoms with van der Waals surface area (Å²) < 4.78 is 12.8. The average molecular weight is 332 g/mol. The first-order chi connectivity index (χ1) is 11.0. The SMILES string of the molecule is CC(Sc1ccc(F)cc1)C(=O)NC(=O)NCc1ccccc1. The maximum atomic E-state index is 12.8.